The molecule has 0 bridgehead atoms. The van der Waals surface area contributed by atoms with E-state index >= 15 is 0 Å². The zero-order valence-corrected chi connectivity index (χ0v) is 19.0. The number of hydrogen-bond acceptors (Lipinski definition) is 5. The van der Waals surface area contributed by atoms with Crippen LogP contribution < -0.4 is 10.2 Å². The number of likely N-dealkylation sites (tertiary alicyclic amines) is 1. The molecule has 3 rings (SSSR count). The first-order valence-corrected chi connectivity index (χ1v) is 10.00. The van der Waals surface area contributed by atoms with E-state index in [0.29, 0.717) is 0 Å². The Morgan fingerprint density at radius 2 is 1.78 bits per heavy atom. The fourth-order valence-electron chi connectivity index (χ4n) is 3.70. The molecule has 0 aliphatic carbocycles. The minimum atomic E-state index is 0. The summed E-state index contributed by atoms with van der Waals surface area (Å²) in [4.78, 5) is 20.7. The predicted molar refractivity (Wildman–Crippen MR) is 122 cm³/mol. The summed E-state index contributed by atoms with van der Waals surface area (Å²) in [5.74, 6) is 2.73. The summed E-state index contributed by atoms with van der Waals surface area (Å²) in [5.41, 5.74) is 0. The molecule has 1 N–H and O–H groups in total. The summed E-state index contributed by atoms with van der Waals surface area (Å²) < 4.78 is 0. The van der Waals surface area contributed by atoms with E-state index in [2.05, 4.69) is 44.0 Å². The lowest BCUT2D eigenvalue weighted by Gasteiger charge is -2.36. The number of halogens is 1. The van der Waals surface area contributed by atoms with E-state index in [-0.39, 0.29) is 24.0 Å². The molecule has 0 unspecified atom stereocenters. The number of aromatic nitrogens is 2. The van der Waals surface area contributed by atoms with Crippen molar-refractivity contribution in [2.75, 3.05) is 64.3 Å². The van der Waals surface area contributed by atoms with Crippen LogP contribution in [0.25, 0.3) is 0 Å². The fourth-order valence-corrected chi connectivity index (χ4v) is 3.70. The Balaban J connectivity index is 0.00000261. The molecule has 0 spiro atoms. The van der Waals surface area contributed by atoms with E-state index in [1.807, 2.05) is 18.5 Å². The van der Waals surface area contributed by atoms with Crippen molar-refractivity contribution in [1.29, 1.82) is 0 Å². The average molecular weight is 487 g/mol. The largest absolute Gasteiger partial charge is 0.357 e. The highest BCUT2D eigenvalue weighted by Gasteiger charge is 2.21. The van der Waals surface area contributed by atoms with Crippen LogP contribution in [0.3, 0.4) is 0 Å². The molecule has 2 aliphatic rings. The number of piperazine rings is 1. The van der Waals surface area contributed by atoms with E-state index in [1.165, 1.54) is 32.4 Å². The molecule has 8 heteroatoms. The number of guanidine groups is 1. The first-order valence-electron chi connectivity index (χ1n) is 10.00. The van der Waals surface area contributed by atoms with Gasteiger partial charge in [0, 0.05) is 51.7 Å². The Hall–Kier alpha value is -1.16. The molecule has 3 heterocycles. The van der Waals surface area contributed by atoms with Crippen LogP contribution in [0.2, 0.25) is 0 Å². The zero-order chi connectivity index (χ0) is 18.2. The number of hydrogen-bond donors (Lipinski definition) is 1. The van der Waals surface area contributed by atoms with Gasteiger partial charge in [-0.3, -0.25) is 4.99 Å². The van der Waals surface area contributed by atoms with Crippen LogP contribution in [0, 0.1) is 5.92 Å². The third-order valence-electron chi connectivity index (χ3n) is 5.39. The highest BCUT2D eigenvalue weighted by molar-refractivity contribution is 14.0. The van der Waals surface area contributed by atoms with E-state index < -0.39 is 0 Å². The highest BCUT2D eigenvalue weighted by atomic mass is 127. The van der Waals surface area contributed by atoms with Crippen LogP contribution in [0.15, 0.2) is 23.5 Å². The summed E-state index contributed by atoms with van der Waals surface area (Å²) >= 11 is 0. The number of aliphatic imine (C=N–C) groups is 1. The van der Waals surface area contributed by atoms with Gasteiger partial charge >= 0.3 is 0 Å². The normalized spacial score (nSPS) is 19.7. The van der Waals surface area contributed by atoms with Gasteiger partial charge in [0.25, 0.3) is 0 Å². The number of rotatable bonds is 5. The molecule has 0 radical (unpaired) electrons. The lowest BCUT2D eigenvalue weighted by molar-refractivity contribution is 0.214. The van der Waals surface area contributed by atoms with E-state index in [4.69, 9.17) is 4.99 Å². The van der Waals surface area contributed by atoms with Crippen LogP contribution in [0.5, 0.6) is 0 Å². The van der Waals surface area contributed by atoms with Crippen molar-refractivity contribution in [3.05, 3.63) is 18.5 Å². The van der Waals surface area contributed by atoms with Crippen LogP contribution in [-0.2, 0) is 0 Å². The molecule has 1 aromatic heterocycles. The van der Waals surface area contributed by atoms with Crippen molar-refractivity contribution in [1.82, 2.24) is 25.1 Å². The van der Waals surface area contributed by atoms with Crippen molar-refractivity contribution in [2.24, 2.45) is 10.9 Å². The first kappa shape index (κ1) is 22.1. The summed E-state index contributed by atoms with van der Waals surface area (Å²) in [6.45, 7) is 10.2. The van der Waals surface area contributed by atoms with E-state index in [9.17, 15) is 0 Å². The van der Waals surface area contributed by atoms with Crippen LogP contribution in [0.1, 0.15) is 26.2 Å². The second-order valence-electron chi connectivity index (χ2n) is 7.29. The molecule has 7 nitrogen and oxygen atoms in total. The molecular formula is C19H34IN7. The Morgan fingerprint density at radius 3 is 2.41 bits per heavy atom. The molecule has 0 amide bonds. The van der Waals surface area contributed by atoms with Gasteiger partial charge in [-0.2, -0.15) is 0 Å². The highest BCUT2D eigenvalue weighted by Crippen LogP contribution is 2.19. The van der Waals surface area contributed by atoms with E-state index in [0.717, 1.165) is 57.1 Å². The second-order valence-corrected chi connectivity index (χ2v) is 7.29. The molecule has 2 saturated heterocycles. The van der Waals surface area contributed by atoms with Crippen molar-refractivity contribution >= 4 is 35.9 Å². The van der Waals surface area contributed by atoms with E-state index in [1.54, 1.807) is 0 Å². The SMILES string of the molecule is CCNC(=NCCC1CCN(C)CC1)N1CCN(c2ncccn2)CC1.I. The van der Waals surface area contributed by atoms with Crippen molar-refractivity contribution in [2.45, 2.75) is 26.2 Å². The van der Waals surface area contributed by atoms with Gasteiger partial charge in [0.05, 0.1) is 0 Å². The topological polar surface area (TPSA) is 59.9 Å². The quantitative estimate of drug-likeness (QED) is 0.389. The molecular weight excluding hydrogens is 453 g/mol. The summed E-state index contributed by atoms with van der Waals surface area (Å²) in [6, 6.07) is 1.86. The van der Waals surface area contributed by atoms with Gasteiger partial charge in [-0.15, -0.1) is 24.0 Å². The van der Waals surface area contributed by atoms with Gasteiger partial charge in [0.2, 0.25) is 5.95 Å². The number of nitrogens with one attached hydrogen (secondary N) is 1. The monoisotopic (exact) mass is 487 g/mol. The van der Waals surface area contributed by atoms with Crippen LogP contribution >= 0.6 is 24.0 Å². The van der Waals surface area contributed by atoms with Crippen LogP contribution in [-0.4, -0.2) is 85.1 Å². The predicted octanol–water partition coefficient (Wildman–Crippen LogP) is 1.91. The molecule has 1 aromatic rings. The van der Waals surface area contributed by atoms with Gasteiger partial charge in [0.1, 0.15) is 0 Å². The Labute approximate surface area is 180 Å². The average Bonchev–Trinajstić information content (AvgIpc) is 2.70. The van der Waals surface area contributed by atoms with Gasteiger partial charge in [-0.1, -0.05) is 0 Å². The van der Waals surface area contributed by atoms with Crippen molar-refractivity contribution in [3.8, 4) is 0 Å². The summed E-state index contributed by atoms with van der Waals surface area (Å²) in [7, 11) is 2.22. The molecule has 0 atom stereocenters. The second kappa shape index (κ2) is 11.6. The number of piperidine rings is 1. The third kappa shape index (κ3) is 6.74. The molecule has 0 saturated carbocycles. The number of nitrogens with zero attached hydrogens (tertiary/aromatic N) is 6. The fraction of sp³-hybridized carbons (Fsp3) is 0.737. The van der Waals surface area contributed by atoms with Crippen LogP contribution in [0.4, 0.5) is 5.95 Å². The third-order valence-corrected chi connectivity index (χ3v) is 5.39. The van der Waals surface area contributed by atoms with Crippen molar-refractivity contribution in [3.63, 3.8) is 0 Å². The van der Waals surface area contributed by atoms with Gasteiger partial charge in [0.15, 0.2) is 5.96 Å². The standard InChI is InChI=1S/C19H33N7.HI/c1-3-20-18(23-10-5-17-6-11-24(2)12-7-17)25-13-15-26(16-14-25)19-21-8-4-9-22-19;/h4,8-9,17H,3,5-7,10-16H2,1-2H3,(H,20,23);1H. The molecule has 27 heavy (non-hydrogen) atoms. The summed E-state index contributed by atoms with van der Waals surface area (Å²) in [6.07, 6.45) is 7.46. The lowest BCUT2D eigenvalue weighted by Crippen LogP contribution is -2.53. The van der Waals surface area contributed by atoms with Gasteiger partial charge < -0.3 is 20.0 Å². The zero-order valence-electron chi connectivity index (χ0n) is 16.7. The Bertz CT molecular complexity index is 552. The Morgan fingerprint density at radius 1 is 1.11 bits per heavy atom. The minimum absolute atomic E-state index is 0. The smallest absolute Gasteiger partial charge is 0.225 e. The summed E-state index contributed by atoms with van der Waals surface area (Å²) in [5, 5.41) is 3.47. The lowest BCUT2D eigenvalue weighted by atomic mass is 9.94. The maximum Gasteiger partial charge on any atom is 0.225 e. The minimum Gasteiger partial charge on any atom is -0.357 e. The molecule has 2 fully saturated rings. The maximum atomic E-state index is 4.92. The Kier molecular flexibility index (Phi) is 9.53. The maximum absolute atomic E-state index is 4.92. The molecule has 152 valence electrons. The molecule has 0 aromatic carbocycles. The first-order chi connectivity index (χ1) is 12.8. The van der Waals surface area contributed by atoms with Crippen molar-refractivity contribution < 1.29 is 0 Å². The van der Waals surface area contributed by atoms with Gasteiger partial charge in [-0.05, 0) is 58.3 Å². The number of anilines is 1. The molecule has 2 aliphatic heterocycles. The van der Waals surface area contributed by atoms with Gasteiger partial charge in [-0.25, -0.2) is 9.97 Å².